The van der Waals surface area contributed by atoms with Crippen LogP contribution < -0.4 is 4.57 Å². The van der Waals surface area contributed by atoms with Gasteiger partial charge in [0.15, 0.2) is 6.20 Å². The molecule has 1 heterocycles. The fourth-order valence-electron chi connectivity index (χ4n) is 4.40. The lowest BCUT2D eigenvalue weighted by atomic mass is 9.79. The normalized spacial score (nSPS) is 15.3. The number of hydrogen-bond donors (Lipinski definition) is 0. The van der Waals surface area contributed by atoms with E-state index in [1.807, 2.05) is 62.7 Å². The quantitative estimate of drug-likeness (QED) is 0.356. The minimum atomic E-state index is -2.31. The van der Waals surface area contributed by atoms with E-state index in [1.54, 1.807) is 6.20 Å². The van der Waals surface area contributed by atoms with E-state index in [-0.39, 0.29) is 11.8 Å². The van der Waals surface area contributed by atoms with Gasteiger partial charge in [-0.2, -0.15) is 0 Å². The lowest BCUT2D eigenvalue weighted by Crippen LogP contribution is -2.31. The molecule has 0 unspecified atom stereocenters. The number of pyridine rings is 1. The van der Waals surface area contributed by atoms with Gasteiger partial charge in [0.25, 0.3) is 0 Å². The minimum Gasteiger partial charge on any atom is -0.201 e. The second kappa shape index (κ2) is 9.22. The molecular weight excluding hydrogens is 386 g/mol. The Bertz CT molecular complexity index is 1260. The van der Waals surface area contributed by atoms with Crippen LogP contribution in [0.3, 0.4) is 0 Å². The Morgan fingerprint density at radius 2 is 1.50 bits per heavy atom. The average molecular weight is 434 g/mol. The molecule has 1 nitrogen and oxygen atoms in total. The molecule has 1 aromatic heterocycles. The minimum absolute atomic E-state index is 0.0727. The highest BCUT2D eigenvalue weighted by Crippen LogP contribution is 2.40. The van der Waals surface area contributed by atoms with E-state index < -0.39 is 18.6 Å². The van der Waals surface area contributed by atoms with E-state index in [9.17, 15) is 0 Å². The first-order valence-corrected chi connectivity index (χ1v) is 11.7. The van der Waals surface area contributed by atoms with Crippen molar-refractivity contribution in [2.75, 3.05) is 0 Å². The van der Waals surface area contributed by atoms with Crippen LogP contribution >= 0.6 is 0 Å². The Kier molecular flexibility index (Phi) is 5.20. The summed E-state index contributed by atoms with van der Waals surface area (Å²) in [6, 6.07) is 14.1. The van der Waals surface area contributed by atoms with Gasteiger partial charge in [-0.3, -0.25) is 0 Å². The van der Waals surface area contributed by atoms with E-state index >= 15 is 0 Å². The molecule has 0 aliphatic heterocycles. The molecule has 0 amide bonds. The van der Waals surface area contributed by atoms with Crippen molar-refractivity contribution in [2.24, 2.45) is 12.5 Å². The van der Waals surface area contributed by atoms with Crippen LogP contribution in [-0.4, -0.2) is 0 Å². The van der Waals surface area contributed by atoms with Crippen molar-refractivity contribution in [3.05, 3.63) is 76.5 Å². The predicted molar refractivity (Wildman–Crippen MR) is 139 cm³/mol. The zero-order chi connectivity index (χ0) is 28.1. The van der Waals surface area contributed by atoms with Crippen LogP contribution in [0.4, 0.5) is 0 Å². The standard InChI is InChI=1S/C31H42N/c1-20(2)26-15-24(18-31(7,8)9)16-27(21(3)4)30(26)28-17-29(32(10)19-23(28)6)25-14-12-11-13-22(25)5/h11-17,19-21H,18H2,1-10H3/q+1/i6D3,18D2. The van der Waals surface area contributed by atoms with Crippen molar-refractivity contribution < 1.29 is 11.4 Å². The van der Waals surface area contributed by atoms with Crippen molar-refractivity contribution in [1.29, 1.82) is 0 Å². The van der Waals surface area contributed by atoms with Crippen LogP contribution in [-0.2, 0) is 13.4 Å². The molecule has 0 fully saturated rings. The highest BCUT2D eigenvalue weighted by molar-refractivity contribution is 5.78. The van der Waals surface area contributed by atoms with E-state index in [4.69, 9.17) is 6.85 Å². The Labute approximate surface area is 203 Å². The van der Waals surface area contributed by atoms with Crippen molar-refractivity contribution in [2.45, 2.75) is 80.5 Å². The van der Waals surface area contributed by atoms with Crippen LogP contribution in [0.15, 0.2) is 48.7 Å². The molecule has 3 aromatic rings. The smallest absolute Gasteiger partial charge is 0.201 e. The first-order chi connectivity index (χ1) is 16.9. The summed E-state index contributed by atoms with van der Waals surface area (Å²) in [5.74, 6) is 0.145. The van der Waals surface area contributed by atoms with E-state index in [2.05, 4.69) is 46.8 Å². The molecule has 0 aliphatic carbocycles. The molecule has 3 rings (SSSR count). The summed E-state index contributed by atoms with van der Waals surface area (Å²) in [5.41, 5.74) is 7.04. The Balaban J connectivity index is 2.52. The fourth-order valence-corrected chi connectivity index (χ4v) is 4.40. The summed E-state index contributed by atoms with van der Waals surface area (Å²) in [5, 5.41) is 0. The van der Waals surface area contributed by atoms with Gasteiger partial charge in [0.05, 0.1) is 0 Å². The highest BCUT2D eigenvalue weighted by Gasteiger charge is 2.24. The Hall–Kier alpha value is -2.41. The van der Waals surface area contributed by atoms with Gasteiger partial charge in [0, 0.05) is 24.0 Å². The third-order valence-corrected chi connectivity index (χ3v) is 5.93. The van der Waals surface area contributed by atoms with Gasteiger partial charge in [-0.15, -0.1) is 0 Å². The van der Waals surface area contributed by atoms with Crippen molar-refractivity contribution in [1.82, 2.24) is 0 Å². The zero-order valence-corrected chi connectivity index (χ0v) is 21.2. The highest BCUT2D eigenvalue weighted by atomic mass is 14.9. The number of aryl methyl sites for hydroxylation is 3. The fraction of sp³-hybridized carbons (Fsp3) is 0.452. The SMILES string of the molecule is [2H]C([2H])([2H])c1c[n+](C)c(-c2ccccc2C)cc1-c1c(C(C)C)cc(C([2H])([2H])C(C)(C)C)cc1C(C)C. The summed E-state index contributed by atoms with van der Waals surface area (Å²) in [7, 11) is 1.90. The van der Waals surface area contributed by atoms with Gasteiger partial charge in [-0.1, -0.05) is 78.8 Å². The lowest BCUT2D eigenvalue weighted by Gasteiger charge is -2.25. The molecule has 0 atom stereocenters. The predicted octanol–water partition coefficient (Wildman–Crippen LogP) is 8.30. The molecule has 0 saturated carbocycles. The number of aromatic nitrogens is 1. The van der Waals surface area contributed by atoms with Gasteiger partial charge >= 0.3 is 0 Å². The maximum Gasteiger partial charge on any atom is 0.213 e. The molecule has 170 valence electrons. The summed E-state index contributed by atoms with van der Waals surface area (Å²) < 4.78 is 45.1. The number of hydrogen-bond acceptors (Lipinski definition) is 0. The van der Waals surface area contributed by atoms with E-state index in [1.165, 1.54) is 0 Å². The molecule has 1 heteroatoms. The molecule has 0 aliphatic rings. The van der Waals surface area contributed by atoms with Crippen LogP contribution in [0.2, 0.25) is 0 Å². The molecule has 0 N–H and O–H groups in total. The van der Waals surface area contributed by atoms with Gasteiger partial charge in [0.1, 0.15) is 7.05 Å². The Morgan fingerprint density at radius 3 is 2.00 bits per heavy atom. The third-order valence-electron chi connectivity index (χ3n) is 5.93. The number of rotatable bonds is 5. The van der Waals surface area contributed by atoms with E-state index in [0.717, 1.165) is 33.5 Å². The van der Waals surface area contributed by atoms with Gasteiger partial charge in [-0.05, 0) is 76.8 Å². The molecule has 32 heavy (non-hydrogen) atoms. The Morgan fingerprint density at radius 1 is 0.906 bits per heavy atom. The maximum absolute atomic E-state index is 8.98. The van der Waals surface area contributed by atoms with Crippen LogP contribution in [0, 0.1) is 19.2 Å². The summed E-state index contributed by atoms with van der Waals surface area (Å²) in [6.45, 7) is 13.9. The zero-order valence-electron chi connectivity index (χ0n) is 26.2. The molecule has 0 saturated heterocycles. The lowest BCUT2D eigenvalue weighted by molar-refractivity contribution is -0.660. The third kappa shape index (κ3) is 5.14. The van der Waals surface area contributed by atoms with Gasteiger partial charge in [-0.25, -0.2) is 4.57 Å². The largest absolute Gasteiger partial charge is 0.213 e. The average Bonchev–Trinajstić information content (AvgIpc) is 2.77. The molecule has 2 aromatic carbocycles. The van der Waals surface area contributed by atoms with Crippen molar-refractivity contribution in [3.8, 4) is 22.4 Å². The van der Waals surface area contributed by atoms with Crippen molar-refractivity contribution in [3.63, 3.8) is 0 Å². The monoisotopic (exact) mass is 433 g/mol. The first kappa shape index (κ1) is 18.1. The van der Waals surface area contributed by atoms with E-state index in [0.29, 0.717) is 16.7 Å². The summed E-state index contributed by atoms with van der Waals surface area (Å²) in [4.78, 5) is 0. The number of nitrogens with zero attached hydrogens (tertiary/aromatic N) is 1. The summed E-state index contributed by atoms with van der Waals surface area (Å²) in [6.07, 6.45) is 0.196. The first-order valence-electron chi connectivity index (χ1n) is 14.2. The maximum atomic E-state index is 8.98. The van der Waals surface area contributed by atoms with Crippen LogP contribution in [0.1, 0.15) is 95.0 Å². The second-order valence-corrected chi connectivity index (χ2v) is 10.6. The van der Waals surface area contributed by atoms with Gasteiger partial charge in [0.2, 0.25) is 5.69 Å². The molecular formula is C31H42N+. The second-order valence-electron chi connectivity index (χ2n) is 10.6. The van der Waals surface area contributed by atoms with Crippen LogP contribution in [0.25, 0.3) is 22.4 Å². The summed E-state index contributed by atoms with van der Waals surface area (Å²) >= 11 is 0. The molecule has 0 radical (unpaired) electrons. The van der Waals surface area contributed by atoms with Gasteiger partial charge < -0.3 is 0 Å². The number of benzene rings is 2. The molecule has 0 spiro atoms. The van der Waals surface area contributed by atoms with Crippen molar-refractivity contribution >= 4 is 0 Å². The topological polar surface area (TPSA) is 3.88 Å². The molecule has 0 bridgehead atoms. The van der Waals surface area contributed by atoms with Crippen LogP contribution in [0.5, 0.6) is 0 Å².